The predicted octanol–water partition coefficient (Wildman–Crippen LogP) is 0.820. The zero-order valence-electron chi connectivity index (χ0n) is 8.95. The third-order valence-electron chi connectivity index (χ3n) is 2.88. The number of halogens is 1. The van der Waals surface area contributed by atoms with Crippen LogP contribution in [0.1, 0.15) is 11.6 Å². The van der Waals surface area contributed by atoms with Crippen molar-refractivity contribution in [1.29, 1.82) is 5.26 Å². The number of hydrogen-bond acceptors (Lipinski definition) is 2. The van der Waals surface area contributed by atoms with E-state index < -0.39 is 0 Å². The summed E-state index contributed by atoms with van der Waals surface area (Å²) in [5, 5.41) is 9.96. The number of nitriles is 1. The molecule has 0 amide bonds. The number of hydrogen-bond donors (Lipinski definition) is 1. The summed E-state index contributed by atoms with van der Waals surface area (Å²) >= 11 is 5.84. The van der Waals surface area contributed by atoms with E-state index in [-0.39, 0.29) is 6.04 Å². The minimum Gasteiger partial charge on any atom is -0.370 e. The molecule has 1 aromatic rings. The molecule has 1 aromatic carbocycles. The van der Waals surface area contributed by atoms with Crippen LogP contribution in [-0.4, -0.2) is 26.3 Å². The SMILES string of the molecule is N#C[C@@H](c1ccc(Cl)cc1)[NH+]1CCOCC1. The van der Waals surface area contributed by atoms with Gasteiger partial charge < -0.3 is 9.64 Å². The molecule has 16 heavy (non-hydrogen) atoms. The van der Waals surface area contributed by atoms with Crippen molar-refractivity contribution in [3.63, 3.8) is 0 Å². The van der Waals surface area contributed by atoms with Gasteiger partial charge >= 0.3 is 0 Å². The molecular weight excluding hydrogens is 224 g/mol. The lowest BCUT2D eigenvalue weighted by atomic mass is 10.1. The maximum absolute atomic E-state index is 9.26. The van der Waals surface area contributed by atoms with Gasteiger partial charge in [-0.25, -0.2) is 0 Å². The summed E-state index contributed by atoms with van der Waals surface area (Å²) in [5.41, 5.74) is 1.03. The van der Waals surface area contributed by atoms with E-state index in [1.54, 1.807) is 0 Å². The molecule has 1 saturated heterocycles. The van der Waals surface area contributed by atoms with E-state index in [9.17, 15) is 5.26 Å². The summed E-state index contributed by atoms with van der Waals surface area (Å²) in [6.45, 7) is 3.25. The molecule has 0 spiro atoms. The third kappa shape index (κ3) is 2.53. The first-order valence-electron chi connectivity index (χ1n) is 5.38. The van der Waals surface area contributed by atoms with E-state index in [1.807, 2.05) is 24.3 Å². The molecule has 1 aliphatic rings. The summed E-state index contributed by atoms with van der Waals surface area (Å²) in [6, 6.07) is 9.79. The number of ether oxygens (including phenoxy) is 1. The van der Waals surface area contributed by atoms with E-state index in [0.29, 0.717) is 5.02 Å². The van der Waals surface area contributed by atoms with Crippen LogP contribution < -0.4 is 4.90 Å². The highest BCUT2D eigenvalue weighted by atomic mass is 35.5. The molecule has 1 atom stereocenters. The van der Waals surface area contributed by atoms with Gasteiger partial charge in [0.15, 0.2) is 0 Å². The Morgan fingerprint density at radius 1 is 1.25 bits per heavy atom. The molecule has 0 aromatic heterocycles. The Balaban J connectivity index is 2.15. The fourth-order valence-electron chi connectivity index (χ4n) is 1.98. The number of nitrogens with one attached hydrogen (secondary N) is 1. The van der Waals surface area contributed by atoms with Gasteiger partial charge in [-0.2, -0.15) is 5.26 Å². The van der Waals surface area contributed by atoms with Gasteiger partial charge in [0.05, 0.1) is 13.2 Å². The summed E-state index contributed by atoms with van der Waals surface area (Å²) in [6.07, 6.45) is 0. The lowest BCUT2D eigenvalue weighted by molar-refractivity contribution is -0.930. The Hall–Kier alpha value is -1.08. The largest absolute Gasteiger partial charge is 0.370 e. The maximum Gasteiger partial charge on any atom is 0.200 e. The molecule has 0 unspecified atom stereocenters. The monoisotopic (exact) mass is 237 g/mol. The highest BCUT2D eigenvalue weighted by Gasteiger charge is 2.25. The molecule has 0 saturated carbocycles. The van der Waals surface area contributed by atoms with Crippen LogP contribution in [0.15, 0.2) is 24.3 Å². The van der Waals surface area contributed by atoms with Crippen molar-refractivity contribution < 1.29 is 9.64 Å². The average molecular weight is 238 g/mol. The predicted molar refractivity (Wildman–Crippen MR) is 61.3 cm³/mol. The van der Waals surface area contributed by atoms with Gasteiger partial charge in [0, 0.05) is 10.6 Å². The van der Waals surface area contributed by atoms with Crippen LogP contribution >= 0.6 is 11.6 Å². The lowest BCUT2D eigenvalue weighted by Gasteiger charge is -2.27. The summed E-state index contributed by atoms with van der Waals surface area (Å²) < 4.78 is 5.30. The molecule has 0 bridgehead atoms. The van der Waals surface area contributed by atoms with E-state index in [4.69, 9.17) is 16.3 Å². The quantitative estimate of drug-likeness (QED) is 0.827. The Kier molecular flexibility index (Phi) is 3.79. The second-order valence-corrected chi connectivity index (χ2v) is 4.32. The van der Waals surface area contributed by atoms with Crippen LogP contribution in [0.2, 0.25) is 5.02 Å². The summed E-state index contributed by atoms with van der Waals surface area (Å²) in [4.78, 5) is 1.27. The molecule has 1 fully saturated rings. The van der Waals surface area contributed by atoms with Gasteiger partial charge in [-0.1, -0.05) is 23.7 Å². The number of morpholine rings is 1. The zero-order valence-corrected chi connectivity index (χ0v) is 9.70. The number of nitrogens with zero attached hydrogens (tertiary/aromatic N) is 1. The van der Waals surface area contributed by atoms with Gasteiger partial charge in [-0.3, -0.25) is 0 Å². The van der Waals surface area contributed by atoms with Gasteiger partial charge in [0.1, 0.15) is 19.2 Å². The molecule has 84 valence electrons. The van der Waals surface area contributed by atoms with Crippen LogP contribution in [0.25, 0.3) is 0 Å². The first kappa shape index (κ1) is 11.4. The highest BCUT2D eigenvalue weighted by Crippen LogP contribution is 2.14. The maximum atomic E-state index is 9.26. The number of rotatable bonds is 2. The lowest BCUT2D eigenvalue weighted by Crippen LogP contribution is -3.14. The Labute approximate surface area is 100 Å². The van der Waals surface area contributed by atoms with Crippen molar-refractivity contribution in [2.75, 3.05) is 26.3 Å². The smallest absolute Gasteiger partial charge is 0.200 e. The zero-order chi connectivity index (χ0) is 11.4. The normalized spacial score (nSPS) is 19.0. The highest BCUT2D eigenvalue weighted by molar-refractivity contribution is 6.30. The fraction of sp³-hybridized carbons (Fsp3) is 0.417. The second-order valence-electron chi connectivity index (χ2n) is 3.88. The standard InChI is InChI=1S/C12H13ClN2O/c13-11-3-1-10(2-4-11)12(9-14)15-5-7-16-8-6-15/h1-4,12H,5-8H2/p+1/t12-/m0/s1. The Bertz CT molecular complexity index is 379. The van der Waals surface area contributed by atoms with Gasteiger partial charge in [0.2, 0.25) is 6.04 Å². The van der Waals surface area contributed by atoms with E-state index in [2.05, 4.69) is 6.07 Å². The van der Waals surface area contributed by atoms with E-state index in [1.165, 1.54) is 4.90 Å². The topological polar surface area (TPSA) is 37.5 Å². The molecule has 2 rings (SSSR count). The first-order valence-corrected chi connectivity index (χ1v) is 5.76. The van der Waals surface area contributed by atoms with Gasteiger partial charge in [-0.15, -0.1) is 0 Å². The first-order chi connectivity index (χ1) is 7.81. The van der Waals surface area contributed by atoms with Crippen molar-refractivity contribution in [3.8, 4) is 6.07 Å². The van der Waals surface area contributed by atoms with Crippen LogP contribution in [0.4, 0.5) is 0 Å². The van der Waals surface area contributed by atoms with E-state index >= 15 is 0 Å². The minimum atomic E-state index is -0.110. The molecular formula is C12H14ClN2O+. The molecule has 4 heteroatoms. The van der Waals surface area contributed by atoms with Crippen molar-refractivity contribution in [3.05, 3.63) is 34.9 Å². The van der Waals surface area contributed by atoms with Crippen molar-refractivity contribution in [1.82, 2.24) is 0 Å². The molecule has 1 heterocycles. The second kappa shape index (κ2) is 5.31. The summed E-state index contributed by atoms with van der Waals surface area (Å²) in [5.74, 6) is 0. The van der Waals surface area contributed by atoms with Crippen LogP contribution in [0.5, 0.6) is 0 Å². The van der Waals surface area contributed by atoms with Crippen molar-refractivity contribution in [2.24, 2.45) is 0 Å². The average Bonchev–Trinajstić information content (AvgIpc) is 2.34. The number of quaternary nitrogens is 1. The molecule has 1 N–H and O–H groups in total. The van der Waals surface area contributed by atoms with Gasteiger partial charge in [0.25, 0.3) is 0 Å². The molecule has 1 aliphatic heterocycles. The molecule has 0 radical (unpaired) electrons. The Morgan fingerprint density at radius 3 is 2.44 bits per heavy atom. The van der Waals surface area contributed by atoms with Crippen LogP contribution in [0, 0.1) is 11.3 Å². The summed E-state index contributed by atoms with van der Waals surface area (Å²) in [7, 11) is 0. The minimum absolute atomic E-state index is 0.110. The Morgan fingerprint density at radius 2 is 1.88 bits per heavy atom. The van der Waals surface area contributed by atoms with Crippen molar-refractivity contribution in [2.45, 2.75) is 6.04 Å². The third-order valence-corrected chi connectivity index (χ3v) is 3.13. The van der Waals surface area contributed by atoms with E-state index in [0.717, 1.165) is 31.9 Å². The van der Waals surface area contributed by atoms with Gasteiger partial charge in [-0.05, 0) is 12.1 Å². The number of benzene rings is 1. The van der Waals surface area contributed by atoms with Crippen LogP contribution in [0.3, 0.4) is 0 Å². The molecule has 3 nitrogen and oxygen atoms in total. The van der Waals surface area contributed by atoms with Crippen molar-refractivity contribution >= 4 is 11.6 Å². The fourth-order valence-corrected chi connectivity index (χ4v) is 2.11. The van der Waals surface area contributed by atoms with Crippen LogP contribution in [-0.2, 0) is 4.74 Å². The molecule has 0 aliphatic carbocycles.